The van der Waals surface area contributed by atoms with Gasteiger partial charge in [0.25, 0.3) is 0 Å². The average molecular weight is 304 g/mol. The lowest BCUT2D eigenvalue weighted by molar-refractivity contribution is 0.478. The van der Waals surface area contributed by atoms with E-state index < -0.39 is 0 Å². The second-order valence-corrected chi connectivity index (χ2v) is 6.23. The molecule has 0 aliphatic rings. The molecule has 2 rings (SSSR count). The zero-order valence-corrected chi connectivity index (χ0v) is 13.6. The summed E-state index contributed by atoms with van der Waals surface area (Å²) in [6.07, 6.45) is 1.10. The van der Waals surface area contributed by atoms with Gasteiger partial charge in [0.15, 0.2) is 0 Å². The fraction of sp³-hybridized carbons (Fsp3) is 0.333. The van der Waals surface area contributed by atoms with Crippen LogP contribution in [0.3, 0.4) is 0 Å². The van der Waals surface area contributed by atoms with Crippen LogP contribution in [0.25, 0.3) is 0 Å². The molecule has 2 nitrogen and oxygen atoms in total. The third kappa shape index (κ3) is 3.78. The topological polar surface area (TPSA) is 35.2 Å². The minimum Gasteiger partial charge on any atom is -0.457 e. The molecule has 0 aliphatic carbocycles. The Hall–Kier alpha value is -1.51. The summed E-state index contributed by atoms with van der Waals surface area (Å²) in [7, 11) is 0. The van der Waals surface area contributed by atoms with Gasteiger partial charge in [0.1, 0.15) is 11.5 Å². The first-order chi connectivity index (χ1) is 9.96. The second kappa shape index (κ2) is 6.50. The highest BCUT2D eigenvalue weighted by Crippen LogP contribution is 2.30. The lowest BCUT2D eigenvalue weighted by Crippen LogP contribution is -2.14. The van der Waals surface area contributed by atoms with Gasteiger partial charge in [-0.3, -0.25) is 0 Å². The summed E-state index contributed by atoms with van der Waals surface area (Å²) in [5, 5.41) is 0.638. The van der Waals surface area contributed by atoms with Gasteiger partial charge >= 0.3 is 0 Å². The summed E-state index contributed by atoms with van der Waals surface area (Å²) < 4.78 is 5.83. The minimum atomic E-state index is 0.185. The minimum absolute atomic E-state index is 0.185. The molecule has 112 valence electrons. The Morgan fingerprint density at radius 1 is 1.05 bits per heavy atom. The van der Waals surface area contributed by atoms with E-state index in [1.165, 1.54) is 5.56 Å². The van der Waals surface area contributed by atoms with E-state index in [-0.39, 0.29) is 5.41 Å². The molecular weight excluding hydrogens is 282 g/mol. The zero-order chi connectivity index (χ0) is 15.5. The van der Waals surface area contributed by atoms with E-state index in [1.54, 1.807) is 6.07 Å². The molecule has 0 fully saturated rings. The normalized spacial score (nSPS) is 11.5. The maximum Gasteiger partial charge on any atom is 0.128 e. The van der Waals surface area contributed by atoms with Gasteiger partial charge in [0.2, 0.25) is 0 Å². The molecule has 0 unspecified atom stereocenters. The molecule has 0 saturated heterocycles. The number of ether oxygens (including phenoxy) is 1. The van der Waals surface area contributed by atoms with Gasteiger partial charge in [-0.1, -0.05) is 50.6 Å². The van der Waals surface area contributed by atoms with Crippen LogP contribution in [0, 0.1) is 0 Å². The molecule has 21 heavy (non-hydrogen) atoms. The van der Waals surface area contributed by atoms with Crippen molar-refractivity contribution in [2.45, 2.75) is 39.2 Å². The summed E-state index contributed by atoms with van der Waals surface area (Å²) in [6.45, 7) is 7.12. The van der Waals surface area contributed by atoms with Crippen molar-refractivity contribution < 1.29 is 4.74 Å². The van der Waals surface area contributed by atoms with Crippen LogP contribution in [0.4, 0.5) is 0 Å². The van der Waals surface area contributed by atoms with Crippen LogP contribution in [-0.4, -0.2) is 0 Å². The fourth-order valence-electron chi connectivity index (χ4n) is 2.07. The molecule has 2 N–H and O–H groups in total. The van der Waals surface area contributed by atoms with Crippen molar-refractivity contribution in [3.8, 4) is 11.5 Å². The summed E-state index contributed by atoms with van der Waals surface area (Å²) in [5.41, 5.74) is 8.02. The summed E-state index contributed by atoms with van der Waals surface area (Å²) in [6, 6.07) is 13.8. The molecule has 3 heteroatoms. The van der Waals surface area contributed by atoms with Gasteiger partial charge in [0, 0.05) is 11.6 Å². The molecule has 0 spiro atoms. The molecule has 0 saturated carbocycles. The van der Waals surface area contributed by atoms with E-state index >= 15 is 0 Å². The molecule has 2 aromatic rings. The Morgan fingerprint density at radius 2 is 1.67 bits per heavy atom. The van der Waals surface area contributed by atoms with Crippen LogP contribution in [0.5, 0.6) is 11.5 Å². The number of rotatable bonds is 5. The van der Waals surface area contributed by atoms with Crippen molar-refractivity contribution in [3.63, 3.8) is 0 Å². The number of hydrogen-bond donors (Lipinski definition) is 1. The molecule has 0 aromatic heterocycles. The van der Waals surface area contributed by atoms with Gasteiger partial charge in [-0.15, -0.1) is 0 Å². The first kappa shape index (κ1) is 15.9. The van der Waals surface area contributed by atoms with E-state index in [0.717, 1.165) is 23.5 Å². The van der Waals surface area contributed by atoms with Gasteiger partial charge in [-0.2, -0.15) is 0 Å². The largest absolute Gasteiger partial charge is 0.457 e. The van der Waals surface area contributed by atoms with Gasteiger partial charge < -0.3 is 10.5 Å². The molecule has 0 amide bonds. The third-order valence-electron chi connectivity index (χ3n) is 4.00. The summed E-state index contributed by atoms with van der Waals surface area (Å²) in [5.74, 6) is 1.53. The van der Waals surface area contributed by atoms with E-state index in [4.69, 9.17) is 22.1 Å². The SMILES string of the molecule is CCC(C)(C)c1ccc(Oc2ccc(CN)c(Cl)c2)cc1. The predicted octanol–water partition coefficient (Wildman–Crippen LogP) is 5.28. The van der Waals surface area contributed by atoms with E-state index in [2.05, 4.69) is 32.9 Å². The Balaban J connectivity index is 2.15. The maximum absolute atomic E-state index is 6.14. The maximum atomic E-state index is 6.14. The van der Waals surface area contributed by atoms with E-state index in [9.17, 15) is 0 Å². The van der Waals surface area contributed by atoms with Crippen molar-refractivity contribution in [2.75, 3.05) is 0 Å². The molecule has 0 radical (unpaired) electrons. The predicted molar refractivity (Wildman–Crippen MR) is 89.2 cm³/mol. The highest BCUT2D eigenvalue weighted by molar-refractivity contribution is 6.31. The van der Waals surface area contributed by atoms with Gasteiger partial charge in [-0.25, -0.2) is 0 Å². The number of hydrogen-bond acceptors (Lipinski definition) is 2. The monoisotopic (exact) mass is 303 g/mol. The Bertz CT molecular complexity index is 605. The van der Waals surface area contributed by atoms with Crippen LogP contribution in [-0.2, 0) is 12.0 Å². The third-order valence-corrected chi connectivity index (χ3v) is 4.35. The molecule has 0 aliphatic heterocycles. The summed E-state index contributed by atoms with van der Waals surface area (Å²) >= 11 is 6.14. The molecule has 2 aromatic carbocycles. The first-order valence-electron chi connectivity index (χ1n) is 7.23. The average Bonchev–Trinajstić information content (AvgIpc) is 2.48. The molecule has 0 atom stereocenters. The van der Waals surface area contributed by atoms with Gasteiger partial charge in [0.05, 0.1) is 0 Å². The quantitative estimate of drug-likeness (QED) is 0.815. The lowest BCUT2D eigenvalue weighted by Gasteiger charge is -2.23. The summed E-state index contributed by atoms with van der Waals surface area (Å²) in [4.78, 5) is 0. The van der Waals surface area contributed by atoms with Crippen molar-refractivity contribution in [2.24, 2.45) is 5.73 Å². The van der Waals surface area contributed by atoms with Crippen molar-refractivity contribution in [3.05, 3.63) is 58.6 Å². The molecule has 0 bridgehead atoms. The second-order valence-electron chi connectivity index (χ2n) is 5.82. The number of halogens is 1. The highest BCUT2D eigenvalue weighted by Gasteiger charge is 2.17. The number of nitrogens with two attached hydrogens (primary N) is 1. The van der Waals surface area contributed by atoms with E-state index in [1.807, 2.05) is 24.3 Å². The fourth-order valence-corrected chi connectivity index (χ4v) is 2.32. The zero-order valence-electron chi connectivity index (χ0n) is 12.8. The van der Waals surface area contributed by atoms with Crippen molar-refractivity contribution >= 4 is 11.6 Å². The van der Waals surface area contributed by atoms with Crippen LogP contribution in [0.2, 0.25) is 5.02 Å². The molecule has 0 heterocycles. The van der Waals surface area contributed by atoms with Crippen LogP contribution >= 0.6 is 11.6 Å². The Kier molecular flexibility index (Phi) is 4.92. The Morgan fingerprint density at radius 3 is 2.19 bits per heavy atom. The first-order valence-corrected chi connectivity index (χ1v) is 7.61. The highest BCUT2D eigenvalue weighted by atomic mass is 35.5. The standard InChI is InChI=1S/C18H22ClNO/c1-4-18(2,3)14-6-9-15(10-7-14)21-16-8-5-13(12-20)17(19)11-16/h5-11H,4,12,20H2,1-3H3. The van der Waals surface area contributed by atoms with E-state index in [0.29, 0.717) is 11.6 Å². The molecular formula is C18H22ClNO. The van der Waals surface area contributed by atoms with Crippen LogP contribution in [0.15, 0.2) is 42.5 Å². The van der Waals surface area contributed by atoms with Crippen molar-refractivity contribution in [1.29, 1.82) is 0 Å². The van der Waals surface area contributed by atoms with Gasteiger partial charge in [-0.05, 0) is 47.2 Å². The Labute approximate surface area is 131 Å². The van der Waals surface area contributed by atoms with Crippen molar-refractivity contribution in [1.82, 2.24) is 0 Å². The van der Waals surface area contributed by atoms with Crippen LogP contribution in [0.1, 0.15) is 38.3 Å². The smallest absolute Gasteiger partial charge is 0.128 e. The number of benzene rings is 2. The lowest BCUT2D eigenvalue weighted by atomic mass is 9.82. The van der Waals surface area contributed by atoms with Crippen LogP contribution < -0.4 is 10.5 Å².